The summed E-state index contributed by atoms with van der Waals surface area (Å²) in [6.07, 6.45) is 2.55. The molecule has 0 spiro atoms. The van der Waals surface area contributed by atoms with Crippen LogP contribution in [0.4, 0.5) is 5.69 Å². The first-order valence-electron chi connectivity index (χ1n) is 6.63. The van der Waals surface area contributed by atoms with E-state index in [-0.39, 0.29) is 22.8 Å². The number of benzene rings is 1. The van der Waals surface area contributed by atoms with Gasteiger partial charge in [0.05, 0.1) is 22.0 Å². The Morgan fingerprint density at radius 2 is 1.62 bits per heavy atom. The number of methoxy groups -OCH3 is 1. The van der Waals surface area contributed by atoms with E-state index in [1.54, 1.807) is 7.11 Å². The van der Waals surface area contributed by atoms with Crippen LogP contribution in [0.15, 0.2) is 29.2 Å². The predicted octanol–water partition coefficient (Wildman–Crippen LogP) is 2.26. The molecule has 116 valence electrons. The fraction of sp³-hybridized carbons (Fsp3) is 0.538. The fourth-order valence-electron chi connectivity index (χ4n) is 2.33. The molecule has 0 atom stereocenters. The minimum Gasteiger partial charge on any atom is -0.381 e. The molecule has 0 saturated heterocycles. The van der Waals surface area contributed by atoms with Gasteiger partial charge < -0.3 is 4.74 Å². The van der Waals surface area contributed by atoms with Crippen molar-refractivity contribution in [2.24, 2.45) is 0 Å². The molecule has 0 aliphatic heterocycles. The molecule has 0 unspecified atom stereocenters. The second-order valence-electron chi connectivity index (χ2n) is 4.94. The molecular formula is C13H17NO6S. The molecule has 0 heterocycles. The van der Waals surface area contributed by atoms with Crippen LogP contribution < -0.4 is 0 Å². The van der Waals surface area contributed by atoms with Crippen LogP contribution >= 0.6 is 0 Å². The van der Waals surface area contributed by atoms with Gasteiger partial charge in [-0.15, -0.1) is 0 Å². The second-order valence-corrected chi connectivity index (χ2v) is 6.51. The number of ether oxygens (including phenoxy) is 1. The Balaban J connectivity index is 2.03. The van der Waals surface area contributed by atoms with Crippen LogP contribution in [0.5, 0.6) is 0 Å². The zero-order valence-corrected chi connectivity index (χ0v) is 12.4. The topological polar surface area (TPSA) is 95.7 Å². The summed E-state index contributed by atoms with van der Waals surface area (Å²) in [5.74, 6) is 0. The minimum absolute atomic E-state index is 0.0676. The summed E-state index contributed by atoms with van der Waals surface area (Å²) in [6, 6.07) is 4.68. The average Bonchev–Trinajstić information content (AvgIpc) is 2.48. The summed E-state index contributed by atoms with van der Waals surface area (Å²) in [5, 5.41) is 10.6. The van der Waals surface area contributed by atoms with E-state index < -0.39 is 15.0 Å². The van der Waals surface area contributed by atoms with E-state index >= 15 is 0 Å². The van der Waals surface area contributed by atoms with Gasteiger partial charge in [0, 0.05) is 19.2 Å². The Labute approximate surface area is 123 Å². The van der Waals surface area contributed by atoms with Gasteiger partial charge in [0.1, 0.15) is 0 Å². The average molecular weight is 315 g/mol. The van der Waals surface area contributed by atoms with Gasteiger partial charge in [-0.05, 0) is 37.8 Å². The molecule has 2 rings (SSSR count). The van der Waals surface area contributed by atoms with Crippen molar-refractivity contribution < 1.29 is 22.3 Å². The first kappa shape index (κ1) is 15.9. The van der Waals surface area contributed by atoms with Crippen molar-refractivity contribution in [3.05, 3.63) is 34.4 Å². The van der Waals surface area contributed by atoms with Crippen molar-refractivity contribution >= 4 is 15.8 Å². The number of hydrogen-bond acceptors (Lipinski definition) is 6. The lowest BCUT2D eigenvalue weighted by atomic mass is 9.95. The molecule has 1 aromatic rings. The summed E-state index contributed by atoms with van der Waals surface area (Å²) < 4.78 is 34.6. The Hall–Kier alpha value is -1.51. The number of nitrogens with zero attached hydrogens (tertiary/aromatic N) is 1. The molecule has 1 fully saturated rings. The van der Waals surface area contributed by atoms with E-state index in [0.29, 0.717) is 12.8 Å². The van der Waals surface area contributed by atoms with Crippen LogP contribution in [0.25, 0.3) is 0 Å². The maximum atomic E-state index is 12.1. The molecule has 7 nitrogen and oxygen atoms in total. The summed E-state index contributed by atoms with van der Waals surface area (Å²) in [4.78, 5) is 9.90. The number of non-ortho nitro benzene ring substituents is 1. The summed E-state index contributed by atoms with van der Waals surface area (Å²) >= 11 is 0. The SMILES string of the molecule is COC1CCC(OS(=O)(=O)c2ccc([N+](=O)[O-])cc2)CC1. The van der Waals surface area contributed by atoms with E-state index in [1.807, 2.05) is 0 Å². The lowest BCUT2D eigenvalue weighted by Crippen LogP contribution is -2.27. The smallest absolute Gasteiger partial charge is 0.297 e. The molecule has 0 aromatic heterocycles. The van der Waals surface area contributed by atoms with E-state index in [2.05, 4.69) is 0 Å². The van der Waals surface area contributed by atoms with Gasteiger partial charge >= 0.3 is 0 Å². The van der Waals surface area contributed by atoms with Gasteiger partial charge in [0.25, 0.3) is 15.8 Å². The minimum atomic E-state index is -3.89. The molecule has 0 radical (unpaired) electrons. The van der Waals surface area contributed by atoms with Gasteiger partial charge in [0.15, 0.2) is 0 Å². The molecular weight excluding hydrogens is 298 g/mol. The second kappa shape index (κ2) is 6.50. The van der Waals surface area contributed by atoms with E-state index in [4.69, 9.17) is 8.92 Å². The molecule has 0 N–H and O–H groups in total. The van der Waals surface area contributed by atoms with Crippen LogP contribution in [0.2, 0.25) is 0 Å². The molecule has 8 heteroatoms. The molecule has 1 aliphatic rings. The molecule has 0 bridgehead atoms. The first-order valence-corrected chi connectivity index (χ1v) is 8.04. The molecule has 0 amide bonds. The van der Waals surface area contributed by atoms with Crippen LogP contribution in [-0.4, -0.2) is 32.7 Å². The van der Waals surface area contributed by atoms with Crippen molar-refractivity contribution in [1.82, 2.24) is 0 Å². The van der Waals surface area contributed by atoms with E-state index in [1.165, 1.54) is 12.1 Å². The lowest BCUT2D eigenvalue weighted by Gasteiger charge is -2.26. The highest BCUT2D eigenvalue weighted by atomic mass is 32.2. The third kappa shape index (κ3) is 3.99. The zero-order valence-electron chi connectivity index (χ0n) is 11.6. The molecule has 1 saturated carbocycles. The number of rotatable bonds is 5. The van der Waals surface area contributed by atoms with E-state index in [9.17, 15) is 18.5 Å². The van der Waals surface area contributed by atoms with Crippen LogP contribution in [0.1, 0.15) is 25.7 Å². The number of nitro benzene ring substituents is 1. The standard InChI is InChI=1S/C13H17NO6S/c1-19-11-4-6-12(7-5-11)20-21(17,18)13-8-2-10(3-9-13)14(15)16/h2-3,8-9,11-12H,4-7H2,1H3. The predicted molar refractivity (Wildman–Crippen MR) is 74.4 cm³/mol. The van der Waals surface area contributed by atoms with Crippen molar-refractivity contribution in [3.8, 4) is 0 Å². The van der Waals surface area contributed by atoms with Gasteiger partial charge in [-0.3, -0.25) is 14.3 Å². The third-order valence-electron chi connectivity index (χ3n) is 3.55. The van der Waals surface area contributed by atoms with Crippen LogP contribution in [-0.2, 0) is 19.0 Å². The number of nitro groups is 1. The third-order valence-corrected chi connectivity index (χ3v) is 4.93. The maximum absolute atomic E-state index is 12.1. The van der Waals surface area contributed by atoms with E-state index in [0.717, 1.165) is 25.0 Å². The van der Waals surface area contributed by atoms with Gasteiger partial charge in [-0.25, -0.2) is 0 Å². The Bertz CT molecular complexity index is 590. The summed E-state index contributed by atoms with van der Waals surface area (Å²) in [7, 11) is -2.25. The monoisotopic (exact) mass is 315 g/mol. The Morgan fingerprint density at radius 3 is 2.10 bits per heavy atom. The van der Waals surface area contributed by atoms with Crippen molar-refractivity contribution in [2.45, 2.75) is 42.8 Å². The quantitative estimate of drug-likeness (QED) is 0.470. The van der Waals surface area contributed by atoms with Crippen LogP contribution in [0, 0.1) is 10.1 Å². The summed E-state index contributed by atoms with van der Waals surface area (Å²) in [5.41, 5.74) is -0.158. The largest absolute Gasteiger partial charge is 0.381 e. The normalized spacial score (nSPS) is 22.9. The van der Waals surface area contributed by atoms with Gasteiger partial charge in [-0.1, -0.05) is 0 Å². The number of hydrogen-bond donors (Lipinski definition) is 0. The highest BCUT2D eigenvalue weighted by Crippen LogP contribution is 2.26. The van der Waals surface area contributed by atoms with Crippen molar-refractivity contribution in [1.29, 1.82) is 0 Å². The van der Waals surface area contributed by atoms with Gasteiger partial charge in [0.2, 0.25) is 0 Å². The Kier molecular flexibility index (Phi) is 4.92. The summed E-state index contributed by atoms with van der Waals surface area (Å²) in [6.45, 7) is 0. The van der Waals surface area contributed by atoms with Crippen molar-refractivity contribution in [3.63, 3.8) is 0 Å². The fourth-order valence-corrected chi connectivity index (χ4v) is 3.46. The molecule has 21 heavy (non-hydrogen) atoms. The van der Waals surface area contributed by atoms with Crippen molar-refractivity contribution in [2.75, 3.05) is 7.11 Å². The molecule has 1 aromatic carbocycles. The van der Waals surface area contributed by atoms with Gasteiger partial charge in [-0.2, -0.15) is 8.42 Å². The molecule has 1 aliphatic carbocycles. The lowest BCUT2D eigenvalue weighted by molar-refractivity contribution is -0.384. The van der Waals surface area contributed by atoms with Crippen LogP contribution in [0.3, 0.4) is 0 Å². The highest BCUT2D eigenvalue weighted by Gasteiger charge is 2.27. The first-order chi connectivity index (χ1) is 9.92. The highest BCUT2D eigenvalue weighted by molar-refractivity contribution is 7.86. The zero-order chi connectivity index (χ0) is 15.5. The maximum Gasteiger partial charge on any atom is 0.297 e. The Morgan fingerprint density at radius 1 is 1.10 bits per heavy atom.